The molecular weight excluding hydrogens is 314 g/mol. The van der Waals surface area contributed by atoms with E-state index in [2.05, 4.69) is 28.8 Å². The van der Waals surface area contributed by atoms with Crippen LogP contribution in [0.3, 0.4) is 0 Å². The molecule has 0 spiro atoms. The maximum absolute atomic E-state index is 11.5. The predicted octanol–water partition coefficient (Wildman–Crippen LogP) is 2.94. The molecule has 0 aliphatic carbocycles. The van der Waals surface area contributed by atoms with Gasteiger partial charge in [0.15, 0.2) is 0 Å². The molecule has 2 rings (SSSR count). The van der Waals surface area contributed by atoms with E-state index >= 15 is 0 Å². The highest BCUT2D eigenvalue weighted by molar-refractivity contribution is 7.92. The summed E-state index contributed by atoms with van der Waals surface area (Å²) in [5.74, 6) is 0.962. The van der Waals surface area contributed by atoms with Gasteiger partial charge in [0.2, 0.25) is 15.9 Å². The molecule has 0 fully saturated rings. The van der Waals surface area contributed by atoms with Gasteiger partial charge in [0.25, 0.3) is 0 Å². The van der Waals surface area contributed by atoms with Gasteiger partial charge >= 0.3 is 0 Å². The van der Waals surface area contributed by atoms with Gasteiger partial charge in [-0.1, -0.05) is 26.0 Å². The van der Waals surface area contributed by atoms with Crippen LogP contribution in [-0.2, 0) is 10.0 Å². The average Bonchev–Trinajstić information content (AvgIpc) is 2.54. The van der Waals surface area contributed by atoms with Gasteiger partial charge in [-0.25, -0.2) is 8.42 Å². The Morgan fingerprint density at radius 2 is 1.78 bits per heavy atom. The summed E-state index contributed by atoms with van der Waals surface area (Å²) in [5.41, 5.74) is 2.08. The Balaban J connectivity index is 2.07. The topological polar surface area (TPSA) is 81.2 Å². The van der Waals surface area contributed by atoms with Crippen LogP contribution in [0.15, 0.2) is 36.4 Å². The summed E-state index contributed by atoms with van der Waals surface area (Å²) >= 11 is 0. The zero-order chi connectivity index (χ0) is 16.9. The van der Waals surface area contributed by atoms with Crippen LogP contribution < -0.4 is 9.46 Å². The zero-order valence-corrected chi connectivity index (χ0v) is 14.3. The lowest BCUT2D eigenvalue weighted by molar-refractivity contribution is 0.258. The fraction of sp³-hybridized carbons (Fsp3) is 0.375. The number of nitrogens with one attached hydrogen (secondary N) is 1. The molecular formula is C16H21N3O3S. The summed E-state index contributed by atoms with van der Waals surface area (Å²) in [7, 11) is -3.26. The summed E-state index contributed by atoms with van der Waals surface area (Å²) in [4.78, 5) is 0. The lowest BCUT2D eigenvalue weighted by Crippen LogP contribution is -2.14. The van der Waals surface area contributed by atoms with Crippen molar-refractivity contribution in [3.63, 3.8) is 0 Å². The monoisotopic (exact) mass is 335 g/mol. The van der Waals surface area contributed by atoms with Crippen molar-refractivity contribution in [2.45, 2.75) is 20.8 Å². The first-order chi connectivity index (χ1) is 10.9. The normalized spacial score (nSPS) is 11.5. The average molecular weight is 335 g/mol. The molecule has 0 saturated carbocycles. The minimum Gasteiger partial charge on any atom is -0.476 e. The van der Waals surface area contributed by atoms with Crippen molar-refractivity contribution in [3.05, 3.63) is 36.4 Å². The number of hydrogen-bond acceptors (Lipinski definition) is 5. The van der Waals surface area contributed by atoms with E-state index in [-0.39, 0.29) is 5.75 Å². The molecule has 0 bridgehead atoms. The number of anilines is 1. The van der Waals surface area contributed by atoms with E-state index < -0.39 is 10.0 Å². The van der Waals surface area contributed by atoms with Gasteiger partial charge in [-0.2, -0.15) is 0 Å². The number of ether oxygens (including phenoxy) is 1. The van der Waals surface area contributed by atoms with E-state index in [0.29, 0.717) is 29.8 Å². The minimum atomic E-state index is -3.26. The van der Waals surface area contributed by atoms with Crippen molar-refractivity contribution < 1.29 is 13.2 Å². The maximum Gasteiger partial charge on any atom is 0.233 e. The molecule has 124 valence electrons. The van der Waals surface area contributed by atoms with Crippen LogP contribution in [0.1, 0.15) is 20.8 Å². The lowest BCUT2D eigenvalue weighted by atomic mass is 10.1. The van der Waals surface area contributed by atoms with E-state index in [9.17, 15) is 8.42 Å². The highest BCUT2D eigenvalue weighted by Gasteiger charge is 2.07. The first-order valence-corrected chi connectivity index (χ1v) is 9.12. The van der Waals surface area contributed by atoms with Crippen molar-refractivity contribution in [3.8, 4) is 17.1 Å². The van der Waals surface area contributed by atoms with Crippen molar-refractivity contribution in [2.24, 2.45) is 5.92 Å². The molecule has 0 amide bonds. The first-order valence-electron chi connectivity index (χ1n) is 7.47. The third-order valence-electron chi connectivity index (χ3n) is 3.04. The molecule has 0 unspecified atom stereocenters. The van der Waals surface area contributed by atoms with Crippen LogP contribution >= 0.6 is 0 Å². The Hall–Kier alpha value is -2.15. The van der Waals surface area contributed by atoms with Crippen LogP contribution in [0.4, 0.5) is 5.69 Å². The molecule has 6 nitrogen and oxygen atoms in total. The van der Waals surface area contributed by atoms with Crippen molar-refractivity contribution in [2.75, 3.05) is 17.1 Å². The van der Waals surface area contributed by atoms with Crippen LogP contribution in [0.25, 0.3) is 11.3 Å². The second kappa shape index (κ2) is 7.41. The second-order valence-electron chi connectivity index (χ2n) is 5.54. The van der Waals surface area contributed by atoms with E-state index in [1.54, 1.807) is 37.3 Å². The number of nitrogens with zero attached hydrogens (tertiary/aromatic N) is 2. The van der Waals surface area contributed by atoms with Crippen LogP contribution in [0.2, 0.25) is 0 Å². The first kappa shape index (κ1) is 17.2. The Bertz CT molecular complexity index is 726. The molecule has 7 heteroatoms. The summed E-state index contributed by atoms with van der Waals surface area (Å²) in [6, 6.07) is 10.6. The van der Waals surface area contributed by atoms with Gasteiger partial charge in [-0.05, 0) is 31.0 Å². The smallest absolute Gasteiger partial charge is 0.233 e. The Labute approximate surface area is 137 Å². The largest absolute Gasteiger partial charge is 0.476 e. The quantitative estimate of drug-likeness (QED) is 0.841. The number of benzene rings is 1. The van der Waals surface area contributed by atoms with Gasteiger partial charge in [0.1, 0.15) is 0 Å². The highest BCUT2D eigenvalue weighted by Crippen LogP contribution is 2.21. The van der Waals surface area contributed by atoms with Gasteiger partial charge in [-0.15, -0.1) is 10.2 Å². The third kappa shape index (κ3) is 5.21. The summed E-state index contributed by atoms with van der Waals surface area (Å²) in [6.07, 6.45) is 0. The second-order valence-corrected chi connectivity index (χ2v) is 7.56. The maximum atomic E-state index is 11.5. The van der Waals surface area contributed by atoms with Gasteiger partial charge in [-0.3, -0.25) is 4.72 Å². The number of aromatic nitrogens is 2. The number of rotatable bonds is 7. The Kier molecular flexibility index (Phi) is 5.54. The van der Waals surface area contributed by atoms with Gasteiger partial charge in [0, 0.05) is 17.3 Å². The molecule has 0 saturated heterocycles. The van der Waals surface area contributed by atoms with E-state index in [0.717, 1.165) is 5.56 Å². The fourth-order valence-electron chi connectivity index (χ4n) is 1.76. The Morgan fingerprint density at radius 1 is 1.09 bits per heavy atom. The SMILES string of the molecule is CCS(=O)(=O)Nc1ccc(-c2ccc(OCC(C)C)nn2)cc1. The highest BCUT2D eigenvalue weighted by atomic mass is 32.2. The number of hydrogen-bond donors (Lipinski definition) is 1. The zero-order valence-electron chi connectivity index (χ0n) is 13.5. The van der Waals surface area contributed by atoms with Crippen LogP contribution in [0.5, 0.6) is 5.88 Å². The standard InChI is InChI=1S/C16H21N3O3S/c1-4-23(20,21)19-14-7-5-13(6-8-14)15-9-10-16(18-17-15)22-11-12(2)3/h5-10,12,19H,4,11H2,1-3H3. The molecule has 0 atom stereocenters. The fourth-order valence-corrected chi connectivity index (χ4v) is 2.40. The van der Waals surface area contributed by atoms with E-state index in [1.165, 1.54) is 0 Å². The number of sulfonamides is 1. The molecule has 1 heterocycles. The lowest BCUT2D eigenvalue weighted by Gasteiger charge is -2.08. The molecule has 0 radical (unpaired) electrons. The molecule has 2 aromatic rings. The van der Waals surface area contributed by atoms with Crippen molar-refractivity contribution >= 4 is 15.7 Å². The van der Waals surface area contributed by atoms with Crippen LogP contribution in [0, 0.1) is 5.92 Å². The molecule has 1 aromatic heterocycles. The van der Waals surface area contributed by atoms with Crippen LogP contribution in [-0.4, -0.2) is 31.0 Å². The van der Waals surface area contributed by atoms with E-state index in [1.807, 2.05) is 6.07 Å². The van der Waals surface area contributed by atoms with Crippen molar-refractivity contribution in [1.29, 1.82) is 0 Å². The van der Waals surface area contributed by atoms with Crippen molar-refractivity contribution in [1.82, 2.24) is 10.2 Å². The van der Waals surface area contributed by atoms with Gasteiger partial charge in [0.05, 0.1) is 18.1 Å². The molecule has 0 aliphatic rings. The third-order valence-corrected chi connectivity index (χ3v) is 4.35. The molecule has 1 N–H and O–H groups in total. The van der Waals surface area contributed by atoms with Gasteiger partial charge < -0.3 is 4.74 Å². The summed E-state index contributed by atoms with van der Waals surface area (Å²) in [6.45, 7) is 6.32. The predicted molar refractivity (Wildman–Crippen MR) is 90.9 cm³/mol. The minimum absolute atomic E-state index is 0.0397. The Morgan fingerprint density at radius 3 is 2.30 bits per heavy atom. The summed E-state index contributed by atoms with van der Waals surface area (Å²) in [5, 5.41) is 8.17. The molecule has 1 aromatic carbocycles. The molecule has 0 aliphatic heterocycles. The van der Waals surface area contributed by atoms with E-state index in [4.69, 9.17) is 4.74 Å². The molecule has 23 heavy (non-hydrogen) atoms. The summed E-state index contributed by atoms with van der Waals surface area (Å²) < 4.78 is 31.0.